The highest BCUT2D eigenvalue weighted by Gasteiger charge is 2.17. The molecule has 0 amide bonds. The second kappa shape index (κ2) is 7.48. The second-order valence-corrected chi connectivity index (χ2v) is 6.18. The van der Waals surface area contributed by atoms with Gasteiger partial charge in [0.2, 0.25) is 5.88 Å². The Morgan fingerprint density at radius 2 is 1.93 bits per heavy atom. The van der Waals surface area contributed by atoms with E-state index in [-0.39, 0.29) is 12.4 Å². The fourth-order valence-corrected chi connectivity index (χ4v) is 3.14. The minimum atomic E-state index is -0.104. The third kappa shape index (κ3) is 3.18. The minimum Gasteiger partial charge on any atom is -0.488 e. The molecule has 0 saturated heterocycles. The van der Waals surface area contributed by atoms with Crippen molar-refractivity contribution in [3.8, 4) is 22.9 Å². The lowest BCUT2D eigenvalue weighted by atomic mass is 10.1. The molecule has 0 saturated carbocycles. The highest BCUT2D eigenvalue weighted by molar-refractivity contribution is 6.07. The number of aromatic amines is 1. The number of methoxy groups -OCH3 is 1. The Kier molecular flexibility index (Phi) is 4.72. The van der Waals surface area contributed by atoms with Crippen LogP contribution in [0, 0.1) is 0 Å². The number of fused-ring (bicyclic) bond motifs is 1. The number of carbonyl (C=O) groups excluding carboxylic acids is 1. The Bertz CT molecular complexity index is 1150. The van der Waals surface area contributed by atoms with E-state index in [0.29, 0.717) is 22.7 Å². The molecule has 7 nitrogen and oxygen atoms in total. The molecule has 0 atom stereocenters. The number of hydrogen-bond acceptors (Lipinski definition) is 6. The molecular formula is C21H18N4O3. The lowest BCUT2D eigenvalue weighted by Gasteiger charge is -2.14. The molecule has 7 heteroatoms. The summed E-state index contributed by atoms with van der Waals surface area (Å²) in [5.74, 6) is 0.873. The Morgan fingerprint density at radius 1 is 1.11 bits per heavy atom. The van der Waals surface area contributed by atoms with E-state index in [0.717, 1.165) is 22.2 Å². The van der Waals surface area contributed by atoms with Gasteiger partial charge in [-0.3, -0.25) is 14.9 Å². The molecule has 4 aromatic rings. The summed E-state index contributed by atoms with van der Waals surface area (Å²) in [6.07, 6.45) is 5.13. The highest BCUT2D eigenvalue weighted by atomic mass is 16.5. The molecule has 0 aliphatic rings. The van der Waals surface area contributed by atoms with E-state index in [1.54, 1.807) is 31.8 Å². The van der Waals surface area contributed by atoms with Gasteiger partial charge in [0.1, 0.15) is 17.9 Å². The fraction of sp³-hybridized carbons (Fsp3) is 0.143. The molecule has 0 spiro atoms. The van der Waals surface area contributed by atoms with Crippen LogP contribution in [0.3, 0.4) is 0 Å². The van der Waals surface area contributed by atoms with E-state index in [2.05, 4.69) is 20.2 Å². The van der Waals surface area contributed by atoms with E-state index in [1.165, 1.54) is 6.92 Å². The molecule has 3 aromatic heterocycles. The van der Waals surface area contributed by atoms with Gasteiger partial charge < -0.3 is 9.47 Å². The van der Waals surface area contributed by atoms with Crippen LogP contribution < -0.4 is 9.47 Å². The SMILES string of the molecule is COc1ncccc1-c1ncccc1COc1ccc2c[nH]nc2c1C(C)=O. The summed E-state index contributed by atoms with van der Waals surface area (Å²) < 4.78 is 11.4. The van der Waals surface area contributed by atoms with E-state index >= 15 is 0 Å². The lowest BCUT2D eigenvalue weighted by molar-refractivity contribution is 0.101. The smallest absolute Gasteiger partial charge is 0.222 e. The topological polar surface area (TPSA) is 90.0 Å². The summed E-state index contributed by atoms with van der Waals surface area (Å²) in [6, 6.07) is 11.2. The third-order valence-corrected chi connectivity index (χ3v) is 4.41. The van der Waals surface area contributed by atoms with Crippen molar-refractivity contribution in [2.75, 3.05) is 7.11 Å². The summed E-state index contributed by atoms with van der Waals surface area (Å²) >= 11 is 0. The molecule has 0 aliphatic heterocycles. The van der Waals surface area contributed by atoms with Crippen molar-refractivity contribution in [3.05, 3.63) is 66.1 Å². The van der Waals surface area contributed by atoms with Gasteiger partial charge in [-0.05, 0) is 37.3 Å². The largest absolute Gasteiger partial charge is 0.488 e. The first-order valence-corrected chi connectivity index (χ1v) is 8.72. The van der Waals surface area contributed by atoms with Crippen LogP contribution in [0.4, 0.5) is 0 Å². The molecule has 0 radical (unpaired) electrons. The number of hydrogen-bond donors (Lipinski definition) is 1. The van der Waals surface area contributed by atoms with Gasteiger partial charge in [-0.25, -0.2) is 4.98 Å². The van der Waals surface area contributed by atoms with Gasteiger partial charge >= 0.3 is 0 Å². The predicted octanol–water partition coefficient (Wildman–Crippen LogP) is 3.81. The van der Waals surface area contributed by atoms with Gasteiger partial charge in [0.15, 0.2) is 5.78 Å². The lowest BCUT2D eigenvalue weighted by Crippen LogP contribution is -2.05. The fourth-order valence-electron chi connectivity index (χ4n) is 3.14. The number of carbonyl (C=O) groups is 1. The molecule has 0 fully saturated rings. The maximum absolute atomic E-state index is 12.2. The molecule has 0 unspecified atom stereocenters. The Hall–Kier alpha value is -3.74. The molecule has 0 bridgehead atoms. The first-order chi connectivity index (χ1) is 13.7. The third-order valence-electron chi connectivity index (χ3n) is 4.41. The van der Waals surface area contributed by atoms with Crippen LogP contribution in [0.5, 0.6) is 11.6 Å². The average Bonchev–Trinajstić information content (AvgIpc) is 3.20. The first kappa shape index (κ1) is 17.7. The number of benzene rings is 1. The van der Waals surface area contributed by atoms with Gasteiger partial charge in [-0.15, -0.1) is 0 Å². The summed E-state index contributed by atoms with van der Waals surface area (Å²) in [5.41, 5.74) is 3.41. The van der Waals surface area contributed by atoms with E-state index in [9.17, 15) is 4.79 Å². The molecule has 1 N–H and O–H groups in total. The number of H-pyrrole nitrogens is 1. The van der Waals surface area contributed by atoms with Crippen LogP contribution in [-0.4, -0.2) is 33.1 Å². The number of aromatic nitrogens is 4. The average molecular weight is 374 g/mol. The minimum absolute atomic E-state index is 0.104. The Balaban J connectivity index is 1.70. The molecule has 140 valence electrons. The monoisotopic (exact) mass is 374 g/mol. The maximum Gasteiger partial charge on any atom is 0.222 e. The number of ether oxygens (including phenoxy) is 2. The number of ketones is 1. The van der Waals surface area contributed by atoms with Crippen LogP contribution in [0.25, 0.3) is 22.2 Å². The Labute approximate surface area is 161 Å². The molecule has 28 heavy (non-hydrogen) atoms. The van der Waals surface area contributed by atoms with Gasteiger partial charge in [0.05, 0.1) is 23.9 Å². The number of rotatable bonds is 6. The molecule has 4 rings (SSSR count). The normalized spacial score (nSPS) is 10.8. The van der Waals surface area contributed by atoms with Crippen molar-refractivity contribution in [2.24, 2.45) is 0 Å². The number of nitrogens with one attached hydrogen (secondary N) is 1. The van der Waals surface area contributed by atoms with Gasteiger partial charge in [0, 0.05) is 29.5 Å². The van der Waals surface area contributed by atoms with E-state index < -0.39 is 0 Å². The van der Waals surface area contributed by atoms with E-state index in [4.69, 9.17) is 9.47 Å². The van der Waals surface area contributed by atoms with E-state index in [1.807, 2.05) is 30.3 Å². The van der Waals surface area contributed by atoms with Crippen molar-refractivity contribution >= 4 is 16.7 Å². The molecule has 1 aromatic carbocycles. The zero-order valence-corrected chi connectivity index (χ0v) is 15.5. The van der Waals surface area contributed by atoms with Gasteiger partial charge in [-0.1, -0.05) is 6.07 Å². The molecule has 3 heterocycles. The summed E-state index contributed by atoms with van der Waals surface area (Å²) in [6.45, 7) is 1.74. The Morgan fingerprint density at radius 3 is 2.75 bits per heavy atom. The zero-order valence-electron chi connectivity index (χ0n) is 15.5. The molecular weight excluding hydrogens is 356 g/mol. The van der Waals surface area contributed by atoms with Crippen LogP contribution in [0.15, 0.2) is 55.0 Å². The van der Waals surface area contributed by atoms with Crippen molar-refractivity contribution < 1.29 is 14.3 Å². The van der Waals surface area contributed by atoms with Gasteiger partial charge in [0.25, 0.3) is 0 Å². The van der Waals surface area contributed by atoms with Gasteiger partial charge in [-0.2, -0.15) is 5.10 Å². The summed E-state index contributed by atoms with van der Waals surface area (Å²) in [4.78, 5) is 20.9. The van der Waals surface area contributed by atoms with Crippen molar-refractivity contribution in [2.45, 2.75) is 13.5 Å². The molecule has 0 aliphatic carbocycles. The van der Waals surface area contributed by atoms with Crippen LogP contribution in [0.2, 0.25) is 0 Å². The number of pyridine rings is 2. The van der Waals surface area contributed by atoms with Crippen molar-refractivity contribution in [1.82, 2.24) is 20.2 Å². The van der Waals surface area contributed by atoms with Crippen LogP contribution in [-0.2, 0) is 6.61 Å². The summed E-state index contributed by atoms with van der Waals surface area (Å²) in [7, 11) is 1.57. The standard InChI is InChI=1S/C21H18N4O3/c1-13(26)18-17(8-7-14-11-24-25-20(14)18)28-12-15-5-3-9-22-19(15)16-6-4-10-23-21(16)27-2/h3-11H,12H2,1-2H3,(H,24,25). The zero-order chi connectivity index (χ0) is 19.5. The quantitative estimate of drug-likeness (QED) is 0.516. The first-order valence-electron chi connectivity index (χ1n) is 8.72. The number of Topliss-reactive ketones (excluding diaryl/α,β-unsaturated/α-hetero) is 1. The van der Waals surface area contributed by atoms with Crippen LogP contribution >= 0.6 is 0 Å². The summed E-state index contributed by atoms with van der Waals surface area (Å²) in [5, 5.41) is 7.83. The number of nitrogens with zero attached hydrogens (tertiary/aromatic N) is 3. The van der Waals surface area contributed by atoms with Crippen molar-refractivity contribution in [1.29, 1.82) is 0 Å². The predicted molar refractivity (Wildman–Crippen MR) is 104 cm³/mol. The highest BCUT2D eigenvalue weighted by Crippen LogP contribution is 2.31. The van der Waals surface area contributed by atoms with Crippen LogP contribution in [0.1, 0.15) is 22.8 Å². The maximum atomic E-state index is 12.2. The van der Waals surface area contributed by atoms with Crippen molar-refractivity contribution in [3.63, 3.8) is 0 Å². The second-order valence-electron chi connectivity index (χ2n) is 6.18.